The highest BCUT2D eigenvalue weighted by Gasteiger charge is 2.37. The van der Waals surface area contributed by atoms with Crippen LogP contribution in [0.15, 0.2) is 16.6 Å². The third kappa shape index (κ3) is 1.54. The van der Waals surface area contributed by atoms with Crippen LogP contribution in [0.1, 0.15) is 10.4 Å². The predicted molar refractivity (Wildman–Crippen MR) is 57.9 cm³/mol. The number of hydrogen-bond donors (Lipinski definition) is 1. The van der Waals surface area contributed by atoms with E-state index in [9.17, 15) is 14.0 Å². The molecule has 0 bridgehead atoms. The lowest BCUT2D eigenvalue weighted by Gasteiger charge is -2.15. The number of nitrogens with zero attached hydrogens (tertiary/aromatic N) is 1. The Morgan fingerprint density at radius 2 is 2.06 bits per heavy atom. The van der Waals surface area contributed by atoms with Crippen LogP contribution in [0.2, 0.25) is 0 Å². The van der Waals surface area contributed by atoms with E-state index in [0.717, 1.165) is 11.0 Å². The van der Waals surface area contributed by atoms with Crippen LogP contribution in [0.25, 0.3) is 0 Å². The van der Waals surface area contributed by atoms with Crippen LogP contribution in [-0.4, -0.2) is 29.9 Å². The lowest BCUT2D eigenvalue weighted by atomic mass is 10.1. The number of carbonyl (C=O) groups is 2. The van der Waals surface area contributed by atoms with Gasteiger partial charge >= 0.3 is 0 Å². The number of ketones is 1. The molecule has 2 rings (SSSR count). The maximum absolute atomic E-state index is 13.1. The third-order valence-electron chi connectivity index (χ3n) is 2.31. The Morgan fingerprint density at radius 3 is 2.69 bits per heavy atom. The Balaban J connectivity index is 2.60. The maximum atomic E-state index is 13.1. The number of benzene rings is 1. The molecule has 0 atom stereocenters. The fourth-order valence-electron chi connectivity index (χ4n) is 1.67. The molecule has 84 valence electrons. The predicted octanol–water partition coefficient (Wildman–Crippen LogP) is 1.11. The average molecular weight is 288 g/mol. The number of amides is 1. The fourth-order valence-corrected chi connectivity index (χ4v) is 2.31. The van der Waals surface area contributed by atoms with Gasteiger partial charge in [-0.3, -0.25) is 9.59 Å². The second-order valence-electron chi connectivity index (χ2n) is 3.29. The Kier molecular flexibility index (Phi) is 2.77. The molecular formula is C10H7BrFNO3. The third-order valence-corrected chi connectivity index (χ3v) is 2.91. The number of hydrogen-bond acceptors (Lipinski definition) is 3. The van der Waals surface area contributed by atoms with Crippen LogP contribution in [0.4, 0.5) is 10.1 Å². The van der Waals surface area contributed by atoms with Crippen molar-refractivity contribution in [3.05, 3.63) is 28.0 Å². The van der Waals surface area contributed by atoms with Gasteiger partial charge in [0.05, 0.1) is 17.9 Å². The molecule has 0 saturated heterocycles. The molecule has 4 nitrogen and oxygen atoms in total. The van der Waals surface area contributed by atoms with Gasteiger partial charge in [0.25, 0.3) is 11.7 Å². The lowest BCUT2D eigenvalue weighted by molar-refractivity contribution is -0.114. The van der Waals surface area contributed by atoms with Crippen LogP contribution < -0.4 is 4.90 Å². The second-order valence-corrected chi connectivity index (χ2v) is 4.15. The molecular weight excluding hydrogens is 281 g/mol. The van der Waals surface area contributed by atoms with Gasteiger partial charge in [0.1, 0.15) is 5.82 Å². The molecule has 6 heteroatoms. The molecule has 0 aromatic heterocycles. The molecule has 0 spiro atoms. The van der Waals surface area contributed by atoms with E-state index in [1.807, 2.05) is 0 Å². The standard InChI is InChI=1S/C10H7BrFNO3/c11-7-4-5(12)3-6-8(7)13(1-2-14)10(16)9(6)15/h3-4,14H,1-2H2. The minimum Gasteiger partial charge on any atom is -0.395 e. The summed E-state index contributed by atoms with van der Waals surface area (Å²) in [6, 6.07) is 2.20. The monoisotopic (exact) mass is 287 g/mol. The number of anilines is 1. The first-order valence-corrected chi connectivity index (χ1v) is 5.31. The van der Waals surface area contributed by atoms with Gasteiger partial charge < -0.3 is 10.0 Å². The lowest BCUT2D eigenvalue weighted by Crippen LogP contribution is -2.32. The van der Waals surface area contributed by atoms with Crippen molar-refractivity contribution < 1.29 is 19.1 Å². The summed E-state index contributed by atoms with van der Waals surface area (Å²) in [4.78, 5) is 24.2. The van der Waals surface area contributed by atoms with E-state index in [2.05, 4.69) is 15.9 Å². The molecule has 1 aliphatic heterocycles. The van der Waals surface area contributed by atoms with Crippen molar-refractivity contribution in [2.45, 2.75) is 0 Å². The first kappa shape index (κ1) is 11.2. The zero-order chi connectivity index (χ0) is 11.9. The summed E-state index contributed by atoms with van der Waals surface area (Å²) in [7, 11) is 0. The number of fused-ring (bicyclic) bond motifs is 1. The van der Waals surface area contributed by atoms with E-state index in [1.165, 1.54) is 6.07 Å². The smallest absolute Gasteiger partial charge is 0.299 e. The van der Waals surface area contributed by atoms with Gasteiger partial charge in [0, 0.05) is 11.0 Å². The average Bonchev–Trinajstić information content (AvgIpc) is 2.44. The van der Waals surface area contributed by atoms with Gasteiger partial charge in [0.15, 0.2) is 0 Å². The maximum Gasteiger partial charge on any atom is 0.299 e. The molecule has 0 saturated carbocycles. The normalized spacial score (nSPS) is 14.6. The summed E-state index contributed by atoms with van der Waals surface area (Å²) in [5, 5.41) is 8.81. The van der Waals surface area contributed by atoms with Crippen molar-refractivity contribution in [3.63, 3.8) is 0 Å². The van der Waals surface area contributed by atoms with Crippen molar-refractivity contribution in [2.24, 2.45) is 0 Å². The number of aliphatic hydroxyl groups is 1. The van der Waals surface area contributed by atoms with Crippen LogP contribution in [0.5, 0.6) is 0 Å². The van der Waals surface area contributed by atoms with Crippen LogP contribution in [0, 0.1) is 5.82 Å². The molecule has 0 radical (unpaired) electrons. The molecule has 0 unspecified atom stereocenters. The van der Waals surface area contributed by atoms with Gasteiger partial charge in [-0.15, -0.1) is 0 Å². The molecule has 0 fully saturated rings. The minimum absolute atomic E-state index is 0.0157. The highest BCUT2D eigenvalue weighted by molar-refractivity contribution is 9.10. The van der Waals surface area contributed by atoms with Gasteiger partial charge in [-0.2, -0.15) is 0 Å². The molecule has 1 aliphatic rings. The van der Waals surface area contributed by atoms with E-state index in [1.54, 1.807) is 0 Å². The summed E-state index contributed by atoms with van der Waals surface area (Å²) < 4.78 is 13.4. The topological polar surface area (TPSA) is 57.6 Å². The number of halogens is 2. The first-order chi connectivity index (χ1) is 7.56. The van der Waals surface area contributed by atoms with Crippen molar-refractivity contribution in [1.29, 1.82) is 0 Å². The summed E-state index contributed by atoms with van der Waals surface area (Å²) in [5.74, 6) is -2.07. The van der Waals surface area contributed by atoms with Crippen LogP contribution in [0.3, 0.4) is 0 Å². The number of aliphatic hydroxyl groups excluding tert-OH is 1. The molecule has 1 heterocycles. The second kappa shape index (κ2) is 3.95. The fraction of sp³-hybridized carbons (Fsp3) is 0.200. The largest absolute Gasteiger partial charge is 0.395 e. The Labute approximate surface area is 98.8 Å². The molecule has 16 heavy (non-hydrogen) atoms. The van der Waals surface area contributed by atoms with Crippen LogP contribution >= 0.6 is 15.9 Å². The molecule has 1 aromatic carbocycles. The Hall–Kier alpha value is -1.27. The van der Waals surface area contributed by atoms with Crippen molar-refractivity contribution in [2.75, 3.05) is 18.1 Å². The number of rotatable bonds is 2. The van der Waals surface area contributed by atoms with Crippen molar-refractivity contribution in [1.82, 2.24) is 0 Å². The number of Topliss-reactive ketones (excluding diaryl/α,β-unsaturated/α-hetero) is 1. The minimum atomic E-state index is -0.747. The summed E-state index contributed by atoms with van der Waals surface area (Å²) in [5.41, 5.74) is 0.357. The van der Waals surface area contributed by atoms with E-state index >= 15 is 0 Å². The molecule has 1 amide bonds. The zero-order valence-electron chi connectivity index (χ0n) is 8.04. The highest BCUT2D eigenvalue weighted by atomic mass is 79.9. The molecule has 0 aliphatic carbocycles. The van der Waals surface area contributed by atoms with E-state index in [0.29, 0.717) is 10.2 Å². The number of β-amino-alcohol motifs (C(OH)–C–C–N with tert-alkyl or cyclic N) is 1. The SMILES string of the molecule is O=C1C(=O)N(CCO)c2c(Br)cc(F)cc21. The van der Waals surface area contributed by atoms with Gasteiger partial charge in [-0.05, 0) is 28.1 Å². The van der Waals surface area contributed by atoms with Crippen molar-refractivity contribution >= 4 is 33.3 Å². The zero-order valence-corrected chi connectivity index (χ0v) is 9.62. The summed E-state index contributed by atoms with van der Waals surface area (Å²) in [6.07, 6.45) is 0. The van der Waals surface area contributed by atoms with E-state index in [4.69, 9.17) is 5.11 Å². The van der Waals surface area contributed by atoms with Gasteiger partial charge in [-0.25, -0.2) is 4.39 Å². The molecule has 1 aromatic rings. The summed E-state index contributed by atoms with van der Waals surface area (Å²) in [6.45, 7) is -0.246. The van der Waals surface area contributed by atoms with E-state index in [-0.39, 0.29) is 18.7 Å². The van der Waals surface area contributed by atoms with Crippen molar-refractivity contribution in [3.8, 4) is 0 Å². The first-order valence-electron chi connectivity index (χ1n) is 4.52. The van der Waals surface area contributed by atoms with Gasteiger partial charge in [0.2, 0.25) is 0 Å². The van der Waals surface area contributed by atoms with Gasteiger partial charge in [-0.1, -0.05) is 0 Å². The number of carbonyl (C=O) groups excluding carboxylic acids is 2. The summed E-state index contributed by atoms with van der Waals surface area (Å²) >= 11 is 3.10. The molecule has 1 N–H and O–H groups in total. The Morgan fingerprint density at radius 1 is 1.38 bits per heavy atom. The van der Waals surface area contributed by atoms with Crippen LogP contribution in [-0.2, 0) is 4.79 Å². The quantitative estimate of drug-likeness (QED) is 0.829. The van der Waals surface area contributed by atoms with E-state index < -0.39 is 17.5 Å². The Bertz CT molecular complexity index is 489. The highest BCUT2D eigenvalue weighted by Crippen LogP contribution is 2.36.